The molecule has 0 radical (unpaired) electrons. The van der Waals surface area contributed by atoms with Crippen LogP contribution in [0.25, 0.3) is 52.3 Å². The summed E-state index contributed by atoms with van der Waals surface area (Å²) in [6, 6.07) is 27.7. The molecule has 0 aliphatic carbocycles. The van der Waals surface area contributed by atoms with Gasteiger partial charge in [0.1, 0.15) is 5.01 Å². The molecule has 3 aromatic heterocycles. The molecule has 0 aliphatic rings. The zero-order valence-electron chi connectivity index (χ0n) is 14.3. The van der Waals surface area contributed by atoms with E-state index in [2.05, 4.69) is 77.8 Å². The van der Waals surface area contributed by atoms with Gasteiger partial charge in [-0.2, -0.15) is 0 Å². The fourth-order valence-corrected chi connectivity index (χ4v) is 5.74. The monoisotopic (exact) mass is 382 g/mol. The lowest BCUT2D eigenvalue weighted by molar-refractivity contribution is 1.40. The second-order valence-electron chi connectivity index (χ2n) is 6.56. The first-order valence-corrected chi connectivity index (χ1v) is 10.5. The Labute approximate surface area is 163 Å². The van der Waals surface area contributed by atoms with Crippen molar-refractivity contribution in [3.05, 3.63) is 78.9 Å². The molecular formula is C23H14N2S2. The summed E-state index contributed by atoms with van der Waals surface area (Å²) in [4.78, 5) is 9.83. The van der Waals surface area contributed by atoms with Gasteiger partial charge in [-0.1, -0.05) is 48.5 Å². The second-order valence-corrected chi connectivity index (χ2v) is 8.67. The first-order chi connectivity index (χ1) is 13.4. The van der Waals surface area contributed by atoms with Gasteiger partial charge < -0.3 is 4.98 Å². The van der Waals surface area contributed by atoms with E-state index in [1.54, 1.807) is 11.3 Å². The van der Waals surface area contributed by atoms with Crippen LogP contribution in [-0.4, -0.2) is 9.97 Å². The summed E-state index contributed by atoms with van der Waals surface area (Å²) < 4.78 is 2.53. The molecule has 0 amide bonds. The predicted octanol–water partition coefficient (Wildman–Crippen LogP) is 7.33. The van der Waals surface area contributed by atoms with Gasteiger partial charge in [0.15, 0.2) is 0 Å². The van der Waals surface area contributed by atoms with E-state index in [-0.39, 0.29) is 0 Å². The normalized spacial score (nSPS) is 11.7. The Bertz CT molecular complexity index is 1370. The van der Waals surface area contributed by atoms with Crippen molar-refractivity contribution in [1.29, 1.82) is 0 Å². The van der Waals surface area contributed by atoms with Crippen molar-refractivity contribution >= 4 is 53.9 Å². The highest BCUT2D eigenvalue weighted by Crippen LogP contribution is 2.44. The molecule has 0 aliphatic heterocycles. The molecule has 0 atom stereocenters. The van der Waals surface area contributed by atoms with E-state index in [0.29, 0.717) is 0 Å². The van der Waals surface area contributed by atoms with Crippen LogP contribution in [0.4, 0.5) is 0 Å². The minimum atomic E-state index is 1.04. The average Bonchev–Trinajstić information content (AvgIpc) is 3.40. The maximum atomic E-state index is 4.91. The molecule has 27 heavy (non-hydrogen) atoms. The number of hydrogen-bond donors (Lipinski definition) is 1. The van der Waals surface area contributed by atoms with E-state index < -0.39 is 0 Å². The van der Waals surface area contributed by atoms with Gasteiger partial charge in [0, 0.05) is 26.0 Å². The van der Waals surface area contributed by atoms with Crippen LogP contribution in [0.15, 0.2) is 78.9 Å². The van der Waals surface area contributed by atoms with E-state index in [4.69, 9.17) is 4.98 Å². The van der Waals surface area contributed by atoms with Gasteiger partial charge in [-0.05, 0) is 35.7 Å². The third kappa shape index (κ3) is 2.34. The topological polar surface area (TPSA) is 28.7 Å². The van der Waals surface area contributed by atoms with E-state index in [1.165, 1.54) is 30.6 Å². The largest absolute Gasteiger partial charge is 0.352 e. The lowest BCUT2D eigenvalue weighted by atomic mass is 10.1. The summed E-state index contributed by atoms with van der Waals surface area (Å²) >= 11 is 3.59. The van der Waals surface area contributed by atoms with Crippen molar-refractivity contribution in [2.45, 2.75) is 0 Å². The first kappa shape index (κ1) is 15.1. The molecule has 3 heterocycles. The number of benzene rings is 3. The Balaban J connectivity index is 1.68. The Morgan fingerprint density at radius 2 is 1.52 bits per heavy atom. The van der Waals surface area contributed by atoms with E-state index >= 15 is 0 Å². The van der Waals surface area contributed by atoms with Crippen LogP contribution in [0.2, 0.25) is 0 Å². The summed E-state index contributed by atoms with van der Waals surface area (Å²) in [6.07, 6.45) is 0. The number of fused-ring (bicyclic) bond motifs is 3. The number of nitrogens with one attached hydrogen (secondary N) is 1. The Hall–Kier alpha value is -2.95. The van der Waals surface area contributed by atoms with E-state index in [9.17, 15) is 0 Å². The van der Waals surface area contributed by atoms with Gasteiger partial charge in [0.05, 0.1) is 15.9 Å². The zero-order valence-corrected chi connectivity index (χ0v) is 15.9. The standard InChI is InChI=1S/C23H14N2S2/c1-5-11-18-14(7-1)13-20(26-18)21-15-8-2-3-9-16(15)24-22(21)23-25-17-10-4-6-12-19(17)27-23/h1-13,24H. The number of aromatic nitrogens is 2. The number of rotatable bonds is 2. The summed E-state index contributed by atoms with van der Waals surface area (Å²) in [6.45, 7) is 0. The number of hydrogen-bond acceptors (Lipinski definition) is 3. The molecule has 0 spiro atoms. The van der Waals surface area contributed by atoms with Gasteiger partial charge in [-0.25, -0.2) is 4.98 Å². The molecule has 0 saturated heterocycles. The average molecular weight is 383 g/mol. The van der Waals surface area contributed by atoms with Crippen molar-refractivity contribution in [2.24, 2.45) is 0 Å². The highest BCUT2D eigenvalue weighted by atomic mass is 32.1. The van der Waals surface area contributed by atoms with Crippen molar-refractivity contribution in [1.82, 2.24) is 9.97 Å². The zero-order chi connectivity index (χ0) is 17.8. The molecular weight excluding hydrogens is 368 g/mol. The highest BCUT2D eigenvalue weighted by molar-refractivity contribution is 7.23. The minimum Gasteiger partial charge on any atom is -0.352 e. The fourth-order valence-electron chi connectivity index (χ4n) is 3.64. The molecule has 1 N–H and O–H groups in total. The van der Waals surface area contributed by atoms with Crippen LogP contribution in [0.3, 0.4) is 0 Å². The van der Waals surface area contributed by atoms with Gasteiger partial charge >= 0.3 is 0 Å². The van der Waals surface area contributed by atoms with Crippen LogP contribution in [0.1, 0.15) is 0 Å². The van der Waals surface area contributed by atoms with Crippen LogP contribution in [-0.2, 0) is 0 Å². The second kappa shape index (κ2) is 5.78. The van der Waals surface area contributed by atoms with E-state index in [1.807, 2.05) is 17.4 Å². The maximum Gasteiger partial charge on any atom is 0.141 e. The summed E-state index contributed by atoms with van der Waals surface area (Å²) in [5, 5.41) is 3.58. The summed E-state index contributed by atoms with van der Waals surface area (Å²) in [5.74, 6) is 0. The summed E-state index contributed by atoms with van der Waals surface area (Å²) in [7, 11) is 0. The lowest BCUT2D eigenvalue weighted by Crippen LogP contribution is -1.79. The number of para-hydroxylation sites is 2. The van der Waals surface area contributed by atoms with E-state index in [0.717, 1.165) is 21.7 Å². The Morgan fingerprint density at radius 3 is 2.41 bits per heavy atom. The smallest absolute Gasteiger partial charge is 0.141 e. The van der Waals surface area contributed by atoms with Crippen LogP contribution < -0.4 is 0 Å². The molecule has 128 valence electrons. The molecule has 2 nitrogen and oxygen atoms in total. The first-order valence-electron chi connectivity index (χ1n) is 8.82. The molecule has 0 bridgehead atoms. The van der Waals surface area contributed by atoms with Gasteiger partial charge in [0.2, 0.25) is 0 Å². The third-order valence-corrected chi connectivity index (χ3v) is 7.07. The van der Waals surface area contributed by atoms with Crippen molar-refractivity contribution in [3.63, 3.8) is 0 Å². The fraction of sp³-hybridized carbons (Fsp3) is 0. The van der Waals surface area contributed by atoms with Gasteiger partial charge in [-0.3, -0.25) is 0 Å². The van der Waals surface area contributed by atoms with Crippen LogP contribution >= 0.6 is 22.7 Å². The van der Waals surface area contributed by atoms with Gasteiger partial charge in [0.25, 0.3) is 0 Å². The predicted molar refractivity (Wildman–Crippen MR) is 118 cm³/mol. The molecule has 0 unspecified atom stereocenters. The number of nitrogens with zero attached hydrogens (tertiary/aromatic N) is 1. The molecule has 4 heteroatoms. The molecule has 6 aromatic rings. The highest BCUT2D eigenvalue weighted by Gasteiger charge is 2.19. The minimum absolute atomic E-state index is 1.04. The SMILES string of the molecule is c1ccc2sc(-c3c(-c4nc5ccccc5s4)[nH]c4ccccc34)cc2c1. The molecule has 6 rings (SSSR count). The number of aromatic amines is 1. The van der Waals surface area contributed by atoms with Crippen molar-refractivity contribution in [2.75, 3.05) is 0 Å². The van der Waals surface area contributed by atoms with Crippen LogP contribution in [0, 0.1) is 0 Å². The number of H-pyrrole nitrogens is 1. The molecule has 0 fully saturated rings. The van der Waals surface area contributed by atoms with Crippen molar-refractivity contribution < 1.29 is 0 Å². The quantitative estimate of drug-likeness (QED) is 0.334. The maximum absolute atomic E-state index is 4.91. The Morgan fingerprint density at radius 1 is 0.741 bits per heavy atom. The third-order valence-electron chi connectivity index (χ3n) is 4.89. The van der Waals surface area contributed by atoms with Crippen LogP contribution in [0.5, 0.6) is 0 Å². The van der Waals surface area contributed by atoms with Crippen molar-refractivity contribution in [3.8, 4) is 21.1 Å². The van der Waals surface area contributed by atoms with Gasteiger partial charge in [-0.15, -0.1) is 22.7 Å². The lowest BCUT2D eigenvalue weighted by Gasteiger charge is -1.99. The molecule has 3 aromatic carbocycles. The number of thiazole rings is 1. The summed E-state index contributed by atoms with van der Waals surface area (Å²) in [5.41, 5.74) is 4.58. The Kier molecular flexibility index (Phi) is 3.24. The molecule has 0 saturated carbocycles. The number of thiophene rings is 1.